The molecule has 0 aliphatic rings. The Labute approximate surface area is 508 Å². The molecule has 6 heteroatoms. The summed E-state index contributed by atoms with van der Waals surface area (Å²) in [6, 6.07) is 0. The van der Waals surface area contributed by atoms with Gasteiger partial charge < -0.3 is 14.2 Å². The van der Waals surface area contributed by atoms with Gasteiger partial charge in [-0.25, -0.2) is 0 Å². The van der Waals surface area contributed by atoms with Crippen LogP contribution in [0.2, 0.25) is 0 Å². The number of carbonyl (C=O) groups excluding carboxylic acids is 3. The monoisotopic (exact) mass is 1140 g/mol. The van der Waals surface area contributed by atoms with Crippen LogP contribution in [0.1, 0.15) is 348 Å². The van der Waals surface area contributed by atoms with Crippen LogP contribution in [0.5, 0.6) is 0 Å². The predicted octanol–water partition coefficient (Wildman–Crippen LogP) is 24.4. The Kier molecular flexibility index (Phi) is 66.7. The molecule has 0 rings (SSSR count). The molecule has 0 bridgehead atoms. The summed E-state index contributed by atoms with van der Waals surface area (Å²) >= 11 is 0. The highest BCUT2D eigenvalue weighted by atomic mass is 16.6. The smallest absolute Gasteiger partial charge is 0.306 e. The summed E-state index contributed by atoms with van der Waals surface area (Å²) in [5, 5.41) is 0. The van der Waals surface area contributed by atoms with Crippen molar-refractivity contribution in [2.24, 2.45) is 0 Å². The zero-order valence-electron chi connectivity index (χ0n) is 54.2. The lowest BCUT2D eigenvalue weighted by Crippen LogP contribution is -2.30. The first-order valence-electron chi connectivity index (χ1n) is 35.2. The van der Waals surface area contributed by atoms with Crippen LogP contribution < -0.4 is 0 Å². The summed E-state index contributed by atoms with van der Waals surface area (Å²) in [6.07, 6.45) is 94.3. The number of unbranched alkanes of at least 4 members (excludes halogenated alkanes) is 37. The molecule has 0 radical (unpaired) electrons. The average Bonchev–Trinajstić information content (AvgIpc) is 3.47. The minimum atomic E-state index is -0.806. The van der Waals surface area contributed by atoms with Gasteiger partial charge in [-0.2, -0.15) is 0 Å². The molecule has 0 aromatic rings. The maximum atomic E-state index is 12.9. The van der Waals surface area contributed by atoms with Crippen LogP contribution >= 0.6 is 0 Å². The van der Waals surface area contributed by atoms with E-state index in [1.807, 2.05) is 0 Å². The first kappa shape index (κ1) is 78.3. The lowest BCUT2D eigenvalue weighted by molar-refractivity contribution is -0.167. The van der Waals surface area contributed by atoms with Gasteiger partial charge in [-0.3, -0.25) is 14.4 Å². The predicted molar refractivity (Wildman–Crippen MR) is 357 cm³/mol. The first-order chi connectivity index (χ1) is 40.5. The van der Waals surface area contributed by atoms with Crippen molar-refractivity contribution < 1.29 is 28.6 Å². The summed E-state index contributed by atoms with van der Waals surface area (Å²) in [5.41, 5.74) is 0. The van der Waals surface area contributed by atoms with Crippen LogP contribution in [0.15, 0.2) is 97.2 Å². The average molecular weight is 1140 g/mol. The summed E-state index contributed by atoms with van der Waals surface area (Å²) < 4.78 is 17.0. The third kappa shape index (κ3) is 67.1. The molecule has 0 saturated carbocycles. The quantitative estimate of drug-likeness (QED) is 0.0261. The number of allylic oxidation sites excluding steroid dienone is 16. The number of hydrogen-bond donors (Lipinski definition) is 0. The van der Waals surface area contributed by atoms with Crippen molar-refractivity contribution in [1.29, 1.82) is 0 Å². The Bertz CT molecular complexity index is 1590. The van der Waals surface area contributed by atoms with E-state index in [2.05, 4.69) is 118 Å². The zero-order chi connectivity index (χ0) is 59.2. The molecule has 0 heterocycles. The lowest BCUT2D eigenvalue weighted by atomic mass is 10.0. The van der Waals surface area contributed by atoms with Gasteiger partial charge in [0.2, 0.25) is 0 Å². The molecule has 0 aromatic carbocycles. The molecule has 6 nitrogen and oxygen atoms in total. The van der Waals surface area contributed by atoms with Gasteiger partial charge in [0.1, 0.15) is 13.2 Å². The number of carbonyl (C=O) groups is 3. The fraction of sp³-hybridized carbons (Fsp3) is 0.750. The fourth-order valence-electron chi connectivity index (χ4n) is 10.1. The van der Waals surface area contributed by atoms with Crippen molar-refractivity contribution in [3.8, 4) is 0 Å². The fourth-order valence-corrected chi connectivity index (χ4v) is 10.1. The highest BCUT2D eigenvalue weighted by molar-refractivity contribution is 5.71. The molecule has 0 aliphatic heterocycles. The Hall–Kier alpha value is -3.67. The highest BCUT2D eigenvalue weighted by Gasteiger charge is 2.19. The Balaban J connectivity index is 4.40. The van der Waals surface area contributed by atoms with Crippen LogP contribution in [-0.2, 0) is 28.6 Å². The number of rotatable bonds is 64. The molecule has 0 fully saturated rings. The van der Waals surface area contributed by atoms with Gasteiger partial charge >= 0.3 is 17.9 Å². The third-order valence-corrected chi connectivity index (χ3v) is 15.3. The van der Waals surface area contributed by atoms with Crippen molar-refractivity contribution in [2.45, 2.75) is 354 Å². The molecule has 0 N–H and O–H groups in total. The zero-order valence-corrected chi connectivity index (χ0v) is 54.2. The van der Waals surface area contributed by atoms with Crippen LogP contribution in [-0.4, -0.2) is 37.2 Å². The Morgan fingerprint density at radius 3 is 0.780 bits per heavy atom. The molecule has 0 aliphatic carbocycles. The van der Waals surface area contributed by atoms with E-state index in [1.54, 1.807) is 0 Å². The summed E-state index contributed by atoms with van der Waals surface area (Å²) in [6.45, 7) is 6.52. The van der Waals surface area contributed by atoms with Crippen molar-refractivity contribution in [3.05, 3.63) is 97.2 Å². The Morgan fingerprint density at radius 1 is 0.256 bits per heavy atom. The van der Waals surface area contributed by atoms with E-state index in [4.69, 9.17) is 14.2 Å². The number of hydrogen-bond acceptors (Lipinski definition) is 6. The van der Waals surface area contributed by atoms with E-state index in [0.29, 0.717) is 19.3 Å². The summed E-state index contributed by atoms with van der Waals surface area (Å²) in [5.74, 6) is -0.931. The van der Waals surface area contributed by atoms with Crippen LogP contribution in [0, 0.1) is 0 Å². The second kappa shape index (κ2) is 69.8. The normalized spacial score (nSPS) is 12.7. The standard InChI is InChI=1S/C76H132O6/c1-4-7-10-13-16-19-22-25-28-31-34-36-37-38-39-41-42-45-48-51-54-57-60-63-66-69-75(78)81-72-73(71-80-74(77)68-65-62-59-56-53-50-47-44-33-30-27-24-21-18-15-12-9-6-3)82-76(79)70-67-64-61-58-55-52-49-46-43-40-35-32-29-26-23-20-17-14-11-8-5-2/h8,11,17,20-21,24,26,29-30,33,35,40,46,49,55,58,73H,4-7,9-10,12-16,18-19,22-23,25,27-28,31-32,34,36-39,41-45,47-48,50-54,56-57,59-72H2,1-3H3/b11-8-,20-17-,24-21-,29-26-,33-30-,40-35-,49-46-,58-55-. The van der Waals surface area contributed by atoms with Crippen molar-refractivity contribution in [3.63, 3.8) is 0 Å². The van der Waals surface area contributed by atoms with E-state index >= 15 is 0 Å². The second-order valence-corrected chi connectivity index (χ2v) is 23.4. The SMILES string of the molecule is CC/C=C\C/C=C\C/C=C\C/C=C\C/C=C\C/C=C\CCCCC(=O)OC(COC(=O)CCCCCCCCC/C=C\C/C=C\CCCCCC)COC(=O)CCCCCCCCCCCCCCCCCCCCCCCCCCC. The first-order valence-corrected chi connectivity index (χ1v) is 35.2. The molecule has 82 heavy (non-hydrogen) atoms. The van der Waals surface area contributed by atoms with Crippen LogP contribution in [0.25, 0.3) is 0 Å². The Morgan fingerprint density at radius 2 is 0.476 bits per heavy atom. The van der Waals surface area contributed by atoms with Crippen LogP contribution in [0.3, 0.4) is 0 Å². The van der Waals surface area contributed by atoms with Gasteiger partial charge in [-0.15, -0.1) is 0 Å². The lowest BCUT2D eigenvalue weighted by Gasteiger charge is -2.18. The molecule has 0 saturated heterocycles. The maximum absolute atomic E-state index is 12.9. The van der Waals surface area contributed by atoms with Crippen molar-refractivity contribution >= 4 is 17.9 Å². The van der Waals surface area contributed by atoms with Gasteiger partial charge in [0, 0.05) is 19.3 Å². The van der Waals surface area contributed by atoms with E-state index in [1.165, 1.54) is 199 Å². The van der Waals surface area contributed by atoms with Gasteiger partial charge in [-0.05, 0) is 103 Å². The number of ether oxygens (including phenoxy) is 3. The molecule has 1 unspecified atom stereocenters. The molecule has 0 spiro atoms. The second-order valence-electron chi connectivity index (χ2n) is 23.4. The minimum absolute atomic E-state index is 0.0954. The minimum Gasteiger partial charge on any atom is -0.462 e. The van der Waals surface area contributed by atoms with Gasteiger partial charge in [0.15, 0.2) is 6.10 Å². The third-order valence-electron chi connectivity index (χ3n) is 15.3. The van der Waals surface area contributed by atoms with E-state index in [-0.39, 0.29) is 37.5 Å². The van der Waals surface area contributed by atoms with E-state index in [0.717, 1.165) is 103 Å². The summed E-state index contributed by atoms with van der Waals surface area (Å²) in [7, 11) is 0. The molecular weight excluding hydrogens is 1010 g/mol. The largest absolute Gasteiger partial charge is 0.462 e. The number of esters is 3. The molecule has 472 valence electrons. The topological polar surface area (TPSA) is 78.9 Å². The van der Waals surface area contributed by atoms with Crippen LogP contribution in [0.4, 0.5) is 0 Å². The molecule has 1 atom stereocenters. The van der Waals surface area contributed by atoms with Crippen molar-refractivity contribution in [1.82, 2.24) is 0 Å². The van der Waals surface area contributed by atoms with Gasteiger partial charge in [0.25, 0.3) is 0 Å². The van der Waals surface area contributed by atoms with Crippen molar-refractivity contribution in [2.75, 3.05) is 13.2 Å². The molecular formula is C76H132O6. The molecule has 0 amide bonds. The van der Waals surface area contributed by atoms with Gasteiger partial charge in [-0.1, -0.05) is 323 Å². The van der Waals surface area contributed by atoms with E-state index in [9.17, 15) is 14.4 Å². The summed E-state index contributed by atoms with van der Waals surface area (Å²) in [4.78, 5) is 38.5. The highest BCUT2D eigenvalue weighted by Crippen LogP contribution is 2.18. The molecule has 0 aromatic heterocycles. The van der Waals surface area contributed by atoms with E-state index < -0.39 is 6.10 Å². The maximum Gasteiger partial charge on any atom is 0.306 e. The van der Waals surface area contributed by atoms with Gasteiger partial charge in [0.05, 0.1) is 0 Å².